The predicted octanol–water partition coefficient (Wildman–Crippen LogP) is 4.06. The number of hydrogen-bond donors (Lipinski definition) is 2. The van der Waals surface area contributed by atoms with E-state index in [-0.39, 0.29) is 11.6 Å². The number of benzene rings is 2. The first-order valence-electron chi connectivity index (χ1n) is 11.2. The highest BCUT2D eigenvalue weighted by Gasteiger charge is 2.26. The Bertz CT molecular complexity index is 1330. The van der Waals surface area contributed by atoms with Gasteiger partial charge in [-0.3, -0.25) is 14.3 Å². The zero-order valence-electron chi connectivity index (χ0n) is 18.1. The molecule has 0 aliphatic heterocycles. The smallest absolute Gasteiger partial charge is 0.261 e. The molecule has 4 aromatic rings. The number of fused-ring (bicyclic) bond motifs is 3. The third-order valence-electron chi connectivity index (χ3n) is 6.68. The zero-order valence-corrected chi connectivity index (χ0v) is 18.1. The van der Waals surface area contributed by atoms with Crippen LogP contribution < -0.4 is 5.56 Å². The monoisotopic (exact) mass is 429 g/mol. The minimum absolute atomic E-state index is 0.106. The lowest BCUT2D eigenvalue weighted by atomic mass is 9.92. The first-order valence-corrected chi connectivity index (χ1v) is 11.2. The molecule has 32 heavy (non-hydrogen) atoms. The van der Waals surface area contributed by atoms with E-state index in [9.17, 15) is 15.0 Å². The Labute approximate surface area is 186 Å². The lowest BCUT2D eigenvalue weighted by Crippen LogP contribution is -2.34. The Morgan fingerprint density at radius 3 is 2.62 bits per heavy atom. The summed E-state index contributed by atoms with van der Waals surface area (Å²) in [6.07, 6.45) is 8.25. The molecule has 1 fully saturated rings. The number of aliphatic hydroxyl groups excluding tert-OH is 2. The summed E-state index contributed by atoms with van der Waals surface area (Å²) in [5.74, 6) is 0. The Balaban J connectivity index is 1.64. The van der Waals surface area contributed by atoms with Gasteiger partial charge in [0.25, 0.3) is 5.56 Å². The van der Waals surface area contributed by atoms with E-state index in [0.29, 0.717) is 23.7 Å². The largest absolute Gasteiger partial charge is 0.391 e. The van der Waals surface area contributed by atoms with Crippen molar-refractivity contribution in [1.29, 1.82) is 0 Å². The third-order valence-corrected chi connectivity index (χ3v) is 6.68. The van der Waals surface area contributed by atoms with Gasteiger partial charge in [-0.15, -0.1) is 0 Å². The molecule has 0 spiro atoms. The lowest BCUT2D eigenvalue weighted by Gasteiger charge is -2.29. The Morgan fingerprint density at radius 1 is 1.09 bits per heavy atom. The summed E-state index contributed by atoms with van der Waals surface area (Å²) in [5.41, 5.74) is 3.53. The van der Waals surface area contributed by atoms with Crippen LogP contribution in [0.4, 0.5) is 0 Å². The van der Waals surface area contributed by atoms with Crippen molar-refractivity contribution in [1.82, 2.24) is 14.5 Å². The first kappa shape index (κ1) is 20.8. The van der Waals surface area contributed by atoms with E-state index < -0.39 is 12.2 Å². The minimum atomic E-state index is -0.516. The molecule has 0 saturated heterocycles. The fourth-order valence-electron chi connectivity index (χ4n) is 4.87. The van der Waals surface area contributed by atoms with Crippen LogP contribution in [-0.2, 0) is 6.42 Å². The molecule has 1 saturated carbocycles. The fourth-order valence-corrected chi connectivity index (χ4v) is 4.87. The lowest BCUT2D eigenvalue weighted by molar-refractivity contribution is 0.0735. The average molecular weight is 430 g/mol. The first-order chi connectivity index (χ1) is 15.5. The molecule has 2 aromatic heterocycles. The van der Waals surface area contributed by atoms with Gasteiger partial charge >= 0.3 is 0 Å². The summed E-state index contributed by atoms with van der Waals surface area (Å²) in [5, 5.41) is 22.7. The molecule has 1 aliphatic carbocycles. The van der Waals surface area contributed by atoms with Crippen LogP contribution in [-0.4, -0.2) is 30.9 Å². The van der Waals surface area contributed by atoms with Crippen molar-refractivity contribution in [2.45, 2.75) is 57.3 Å². The maximum Gasteiger partial charge on any atom is 0.261 e. The van der Waals surface area contributed by atoms with Gasteiger partial charge in [-0.1, -0.05) is 37.1 Å². The third kappa shape index (κ3) is 3.70. The summed E-state index contributed by atoms with van der Waals surface area (Å²) >= 11 is 0. The topological polar surface area (TPSA) is 88.2 Å². The Morgan fingerprint density at radius 2 is 1.88 bits per heavy atom. The zero-order chi connectivity index (χ0) is 22.2. The maximum atomic E-state index is 13.5. The van der Waals surface area contributed by atoms with Gasteiger partial charge in [-0.25, -0.2) is 4.98 Å². The van der Waals surface area contributed by atoms with Crippen LogP contribution in [0.3, 0.4) is 0 Å². The van der Waals surface area contributed by atoms with Gasteiger partial charge in [-0.2, -0.15) is 0 Å². The van der Waals surface area contributed by atoms with E-state index >= 15 is 0 Å². The van der Waals surface area contributed by atoms with Crippen molar-refractivity contribution in [3.63, 3.8) is 0 Å². The highest BCUT2D eigenvalue weighted by Crippen LogP contribution is 2.30. The molecule has 2 aromatic carbocycles. The molecule has 6 heteroatoms. The molecule has 164 valence electrons. The van der Waals surface area contributed by atoms with Crippen LogP contribution in [0.25, 0.3) is 21.7 Å². The van der Waals surface area contributed by atoms with Crippen LogP contribution in [0.1, 0.15) is 61.4 Å². The van der Waals surface area contributed by atoms with Crippen molar-refractivity contribution >= 4 is 21.7 Å². The van der Waals surface area contributed by atoms with E-state index in [1.165, 1.54) is 0 Å². The quantitative estimate of drug-likeness (QED) is 0.478. The van der Waals surface area contributed by atoms with Gasteiger partial charge < -0.3 is 10.2 Å². The number of aliphatic hydroxyl groups is 2. The summed E-state index contributed by atoms with van der Waals surface area (Å²) in [4.78, 5) is 22.5. The average Bonchev–Trinajstić information content (AvgIpc) is 2.81. The molecule has 0 radical (unpaired) electrons. The Hall–Kier alpha value is -3.09. The SMILES string of the molecule is CC(O)c1ccc(Cc2cc3c(=O)n([C@H]4CCCC[C@@H]4O)cnc3c3ccncc23)cc1. The molecular weight excluding hydrogens is 402 g/mol. The van der Waals surface area contributed by atoms with Gasteiger partial charge in [0.15, 0.2) is 0 Å². The van der Waals surface area contributed by atoms with Crippen LogP contribution in [0.5, 0.6) is 0 Å². The normalized spacial score (nSPS) is 20.0. The second-order valence-corrected chi connectivity index (χ2v) is 8.82. The van der Waals surface area contributed by atoms with Crippen molar-refractivity contribution < 1.29 is 10.2 Å². The van der Waals surface area contributed by atoms with E-state index in [2.05, 4.69) is 9.97 Å². The Kier molecular flexibility index (Phi) is 5.49. The molecule has 0 amide bonds. The van der Waals surface area contributed by atoms with Crippen LogP contribution in [0.15, 0.2) is 59.9 Å². The molecular formula is C26H27N3O3. The summed E-state index contributed by atoms with van der Waals surface area (Å²) in [7, 11) is 0. The van der Waals surface area contributed by atoms with Gasteiger partial charge in [0.05, 0.1) is 35.5 Å². The van der Waals surface area contributed by atoms with Crippen molar-refractivity contribution in [2.75, 3.05) is 0 Å². The molecule has 1 aliphatic rings. The predicted molar refractivity (Wildman–Crippen MR) is 125 cm³/mol. The van der Waals surface area contributed by atoms with E-state index in [0.717, 1.165) is 46.7 Å². The van der Waals surface area contributed by atoms with Gasteiger partial charge in [0.1, 0.15) is 0 Å². The summed E-state index contributed by atoms with van der Waals surface area (Å²) in [6, 6.07) is 11.5. The number of rotatable bonds is 4. The minimum Gasteiger partial charge on any atom is -0.391 e. The number of aromatic nitrogens is 3. The number of nitrogens with zero attached hydrogens (tertiary/aromatic N) is 3. The van der Waals surface area contributed by atoms with Gasteiger partial charge in [-0.05, 0) is 55.0 Å². The summed E-state index contributed by atoms with van der Waals surface area (Å²) < 4.78 is 1.63. The van der Waals surface area contributed by atoms with Crippen molar-refractivity contribution in [3.05, 3.63) is 82.2 Å². The van der Waals surface area contributed by atoms with E-state index in [4.69, 9.17) is 0 Å². The highest BCUT2D eigenvalue weighted by atomic mass is 16.3. The number of hydrogen-bond acceptors (Lipinski definition) is 5. The highest BCUT2D eigenvalue weighted by molar-refractivity contribution is 6.06. The van der Waals surface area contributed by atoms with Crippen molar-refractivity contribution in [3.8, 4) is 0 Å². The second-order valence-electron chi connectivity index (χ2n) is 8.82. The fraction of sp³-hybridized carbons (Fsp3) is 0.346. The molecule has 5 rings (SSSR count). The van der Waals surface area contributed by atoms with Crippen LogP contribution in [0, 0.1) is 0 Å². The molecule has 0 bridgehead atoms. The van der Waals surface area contributed by atoms with E-state index in [1.807, 2.05) is 42.6 Å². The van der Waals surface area contributed by atoms with Crippen molar-refractivity contribution in [2.24, 2.45) is 0 Å². The standard InChI is InChI=1S/C26H27N3O3/c1-16(30)18-8-6-17(7-9-18)12-19-13-21-25(20-10-11-27-14-22(19)20)28-15-29(26(21)32)23-4-2-3-5-24(23)31/h6-11,13-16,23-24,30-31H,2-5,12H2,1H3/t16?,23-,24-/m0/s1. The van der Waals surface area contributed by atoms with E-state index in [1.54, 1.807) is 24.0 Å². The second kappa shape index (κ2) is 8.45. The molecule has 1 unspecified atom stereocenters. The summed E-state index contributed by atoms with van der Waals surface area (Å²) in [6.45, 7) is 1.75. The maximum absolute atomic E-state index is 13.5. The molecule has 2 N–H and O–H groups in total. The molecule has 3 atom stereocenters. The van der Waals surface area contributed by atoms with Gasteiger partial charge in [0.2, 0.25) is 0 Å². The molecule has 2 heterocycles. The van der Waals surface area contributed by atoms with Crippen LogP contribution in [0.2, 0.25) is 0 Å². The number of pyridine rings is 1. The van der Waals surface area contributed by atoms with Crippen LogP contribution >= 0.6 is 0 Å². The van der Waals surface area contributed by atoms with Gasteiger partial charge in [0, 0.05) is 23.2 Å². The molecule has 6 nitrogen and oxygen atoms in total.